The van der Waals surface area contributed by atoms with Gasteiger partial charge in [-0.25, -0.2) is 0 Å². The molecule has 1 aromatic rings. The molecule has 0 spiro atoms. The molecule has 5 N–H and O–H groups in total. The van der Waals surface area contributed by atoms with Crippen molar-refractivity contribution in [3.63, 3.8) is 0 Å². The molecule has 0 amide bonds. The van der Waals surface area contributed by atoms with Crippen LogP contribution in [0.3, 0.4) is 0 Å². The van der Waals surface area contributed by atoms with Gasteiger partial charge in [-0.05, 0) is 29.9 Å². The van der Waals surface area contributed by atoms with Gasteiger partial charge in [0, 0.05) is 12.2 Å². The Morgan fingerprint density at radius 1 is 1.54 bits per heavy atom. The summed E-state index contributed by atoms with van der Waals surface area (Å²) >= 11 is 4.69. The van der Waals surface area contributed by atoms with Crippen molar-refractivity contribution in [3.8, 4) is 0 Å². The van der Waals surface area contributed by atoms with E-state index in [2.05, 4.69) is 5.32 Å². The van der Waals surface area contributed by atoms with E-state index in [1.807, 2.05) is 24.3 Å². The molecule has 0 saturated heterocycles. The number of anilines is 1. The van der Waals surface area contributed by atoms with Crippen molar-refractivity contribution in [1.82, 2.24) is 0 Å². The summed E-state index contributed by atoms with van der Waals surface area (Å²) in [7, 11) is 0. The van der Waals surface area contributed by atoms with Gasteiger partial charge < -0.3 is 18.2 Å². The van der Waals surface area contributed by atoms with E-state index in [0.29, 0.717) is 6.54 Å². The number of rotatable bonds is 2. The Balaban J connectivity index is 0. The first-order valence-electron chi connectivity index (χ1n) is 3.58. The standard InChI is InChI=1S/C8H11N3S.Na.H/c9-5-6-2-1-3-7(4-6)11-8(10)12;;/h1-4H,5,9H2,(H3,10,11,12);;/q;+1;-1. The third kappa shape index (κ3) is 4.59. The predicted octanol–water partition coefficient (Wildman–Crippen LogP) is -2.08. The molecule has 5 heteroatoms. The summed E-state index contributed by atoms with van der Waals surface area (Å²) in [6.07, 6.45) is 0. The minimum Gasteiger partial charge on any atom is -1.00 e. The summed E-state index contributed by atoms with van der Waals surface area (Å²) in [5.74, 6) is 0. The van der Waals surface area contributed by atoms with Crippen LogP contribution >= 0.6 is 12.2 Å². The minimum absolute atomic E-state index is 0. The van der Waals surface area contributed by atoms with Gasteiger partial charge >= 0.3 is 29.6 Å². The Labute approximate surface area is 107 Å². The third-order valence-electron chi connectivity index (χ3n) is 1.43. The summed E-state index contributed by atoms with van der Waals surface area (Å²) < 4.78 is 0. The van der Waals surface area contributed by atoms with Gasteiger partial charge in [-0.3, -0.25) is 0 Å². The van der Waals surface area contributed by atoms with Gasteiger partial charge in [0.2, 0.25) is 0 Å². The maximum atomic E-state index is 5.46. The van der Waals surface area contributed by atoms with E-state index in [1.165, 1.54) is 0 Å². The molecule has 3 nitrogen and oxygen atoms in total. The van der Waals surface area contributed by atoms with Gasteiger partial charge in [0.1, 0.15) is 0 Å². The normalized spacial score (nSPS) is 8.69. The van der Waals surface area contributed by atoms with Gasteiger partial charge in [0.15, 0.2) is 5.11 Å². The van der Waals surface area contributed by atoms with E-state index in [-0.39, 0.29) is 36.1 Å². The van der Waals surface area contributed by atoms with Gasteiger partial charge in [-0.15, -0.1) is 0 Å². The molecule has 0 heterocycles. The monoisotopic (exact) mass is 205 g/mol. The average Bonchev–Trinajstić information content (AvgIpc) is 2.03. The summed E-state index contributed by atoms with van der Waals surface area (Å²) in [6.45, 7) is 0.521. The molecular formula is C8H12N3NaS. The van der Waals surface area contributed by atoms with Crippen LogP contribution in [0.5, 0.6) is 0 Å². The van der Waals surface area contributed by atoms with Crippen molar-refractivity contribution in [2.75, 3.05) is 5.32 Å². The Morgan fingerprint density at radius 3 is 2.77 bits per heavy atom. The van der Waals surface area contributed by atoms with Gasteiger partial charge in [0.25, 0.3) is 0 Å². The zero-order chi connectivity index (χ0) is 8.97. The molecule has 0 aliphatic rings. The Kier molecular flexibility index (Phi) is 6.28. The number of thiocarbonyl (C=S) groups is 1. The van der Waals surface area contributed by atoms with E-state index in [1.54, 1.807) is 0 Å². The van der Waals surface area contributed by atoms with Crippen LogP contribution in [0.15, 0.2) is 24.3 Å². The van der Waals surface area contributed by atoms with E-state index in [0.717, 1.165) is 11.3 Å². The average molecular weight is 205 g/mol. The van der Waals surface area contributed by atoms with Crippen molar-refractivity contribution in [3.05, 3.63) is 29.8 Å². The van der Waals surface area contributed by atoms with Crippen LogP contribution in [0, 0.1) is 0 Å². The topological polar surface area (TPSA) is 64.1 Å². The third-order valence-corrected chi connectivity index (χ3v) is 1.53. The second-order valence-electron chi connectivity index (χ2n) is 2.39. The maximum absolute atomic E-state index is 5.46. The zero-order valence-corrected chi connectivity index (χ0v) is 10.4. The summed E-state index contributed by atoms with van der Waals surface area (Å²) in [4.78, 5) is 0. The summed E-state index contributed by atoms with van der Waals surface area (Å²) in [6, 6.07) is 7.66. The molecule has 0 fully saturated rings. The molecule has 0 aliphatic carbocycles. The van der Waals surface area contributed by atoms with Gasteiger partial charge in [-0.1, -0.05) is 12.1 Å². The first kappa shape index (κ1) is 12.9. The summed E-state index contributed by atoms with van der Waals surface area (Å²) in [5.41, 5.74) is 12.7. The maximum Gasteiger partial charge on any atom is 1.00 e. The molecular weight excluding hydrogens is 193 g/mol. The van der Waals surface area contributed by atoms with E-state index >= 15 is 0 Å². The van der Waals surface area contributed by atoms with E-state index in [9.17, 15) is 0 Å². The largest absolute Gasteiger partial charge is 1.00 e. The molecule has 13 heavy (non-hydrogen) atoms. The predicted molar refractivity (Wildman–Crippen MR) is 55.9 cm³/mol. The minimum atomic E-state index is 0. The smallest absolute Gasteiger partial charge is 1.00 e. The van der Waals surface area contributed by atoms with Gasteiger partial charge in [-0.2, -0.15) is 0 Å². The van der Waals surface area contributed by atoms with Crippen LogP contribution in [-0.4, -0.2) is 5.11 Å². The Bertz CT molecular complexity index is 296. The second kappa shape index (κ2) is 6.34. The number of hydrogen-bond donors (Lipinski definition) is 3. The first-order valence-corrected chi connectivity index (χ1v) is 3.98. The Hall–Kier alpha value is -0.130. The number of hydrogen-bond acceptors (Lipinski definition) is 2. The van der Waals surface area contributed by atoms with Crippen LogP contribution in [0.2, 0.25) is 0 Å². The molecule has 0 aliphatic heterocycles. The van der Waals surface area contributed by atoms with Crippen LogP contribution in [0.25, 0.3) is 0 Å². The summed E-state index contributed by atoms with van der Waals surface area (Å²) in [5, 5.41) is 3.10. The SMILES string of the molecule is NCc1cccc(NC(N)=S)c1.[H-].[Na+]. The number of nitrogens with one attached hydrogen (secondary N) is 1. The fourth-order valence-electron chi connectivity index (χ4n) is 0.918. The quantitative estimate of drug-likeness (QED) is 0.383. The van der Waals surface area contributed by atoms with Crippen molar-refractivity contribution < 1.29 is 31.0 Å². The molecule has 0 bridgehead atoms. The van der Waals surface area contributed by atoms with Crippen LogP contribution in [0.1, 0.15) is 6.99 Å². The van der Waals surface area contributed by atoms with Crippen molar-refractivity contribution in [2.45, 2.75) is 6.54 Å². The van der Waals surface area contributed by atoms with Crippen molar-refractivity contribution in [1.29, 1.82) is 0 Å². The van der Waals surface area contributed by atoms with Crippen molar-refractivity contribution in [2.24, 2.45) is 11.5 Å². The van der Waals surface area contributed by atoms with E-state index in [4.69, 9.17) is 23.7 Å². The first-order chi connectivity index (χ1) is 5.72. The molecule has 0 atom stereocenters. The van der Waals surface area contributed by atoms with Crippen LogP contribution < -0.4 is 46.3 Å². The van der Waals surface area contributed by atoms with E-state index < -0.39 is 0 Å². The molecule has 0 radical (unpaired) electrons. The molecule has 0 unspecified atom stereocenters. The molecule has 1 aromatic carbocycles. The second-order valence-corrected chi connectivity index (χ2v) is 2.83. The van der Waals surface area contributed by atoms with Crippen LogP contribution in [0.4, 0.5) is 5.69 Å². The Morgan fingerprint density at radius 2 is 2.23 bits per heavy atom. The molecule has 0 saturated carbocycles. The fourth-order valence-corrected chi connectivity index (χ4v) is 1.04. The zero-order valence-electron chi connectivity index (χ0n) is 8.58. The molecule has 66 valence electrons. The number of benzene rings is 1. The van der Waals surface area contributed by atoms with Crippen LogP contribution in [-0.2, 0) is 6.54 Å². The fraction of sp³-hybridized carbons (Fsp3) is 0.125. The molecule has 1 rings (SSSR count). The molecule has 0 aromatic heterocycles. The van der Waals surface area contributed by atoms with Crippen molar-refractivity contribution >= 4 is 23.0 Å². The van der Waals surface area contributed by atoms with Gasteiger partial charge in [0.05, 0.1) is 0 Å². The number of nitrogens with two attached hydrogens (primary N) is 2.